The lowest BCUT2D eigenvalue weighted by atomic mass is 10.1. The molecule has 0 saturated carbocycles. The number of anilines is 1. The summed E-state index contributed by atoms with van der Waals surface area (Å²) in [4.78, 5) is 13.5. The summed E-state index contributed by atoms with van der Waals surface area (Å²) in [6, 6.07) is 5.89. The van der Waals surface area contributed by atoms with Crippen LogP contribution in [0.2, 0.25) is 0 Å². The van der Waals surface area contributed by atoms with E-state index in [0.29, 0.717) is 13.2 Å². The third-order valence-corrected chi connectivity index (χ3v) is 3.37. The molecule has 1 aromatic carbocycles. The van der Waals surface area contributed by atoms with Crippen molar-refractivity contribution in [2.75, 3.05) is 18.1 Å². The van der Waals surface area contributed by atoms with Gasteiger partial charge in [-0.15, -0.1) is 0 Å². The molecule has 0 radical (unpaired) electrons. The fraction of sp³-hybridized carbons (Fsp3) is 0.417. The van der Waals surface area contributed by atoms with Crippen molar-refractivity contribution in [1.82, 2.24) is 0 Å². The number of halogens is 1. The summed E-state index contributed by atoms with van der Waals surface area (Å²) in [5.41, 5.74) is 7.49. The van der Waals surface area contributed by atoms with Crippen molar-refractivity contribution in [2.45, 2.75) is 19.4 Å². The maximum absolute atomic E-state index is 11.7. The van der Waals surface area contributed by atoms with Crippen LogP contribution in [0.3, 0.4) is 0 Å². The third-order valence-electron chi connectivity index (χ3n) is 2.88. The Morgan fingerprint density at radius 2 is 2.35 bits per heavy atom. The Labute approximate surface area is 109 Å². The normalized spacial score (nSPS) is 19.6. The quantitative estimate of drug-likeness (QED) is 0.932. The lowest BCUT2D eigenvalue weighted by Crippen LogP contribution is -2.35. The molecule has 5 heteroatoms. The molecular formula is C12H15BrN2O2. The molecule has 0 aromatic heterocycles. The Morgan fingerprint density at radius 1 is 1.59 bits per heavy atom. The van der Waals surface area contributed by atoms with E-state index in [-0.39, 0.29) is 12.1 Å². The SMILES string of the molecule is Cc1cc(Br)ccc1N1C(=O)OCC1CCN. The first-order valence-electron chi connectivity index (χ1n) is 5.55. The van der Waals surface area contributed by atoms with Crippen molar-refractivity contribution >= 4 is 27.7 Å². The largest absolute Gasteiger partial charge is 0.447 e. The van der Waals surface area contributed by atoms with Gasteiger partial charge in [-0.1, -0.05) is 15.9 Å². The summed E-state index contributed by atoms with van der Waals surface area (Å²) in [5.74, 6) is 0. The van der Waals surface area contributed by atoms with Gasteiger partial charge in [0, 0.05) is 4.47 Å². The van der Waals surface area contributed by atoms with Gasteiger partial charge >= 0.3 is 6.09 Å². The zero-order valence-corrected chi connectivity index (χ0v) is 11.2. The number of nitrogens with zero attached hydrogens (tertiary/aromatic N) is 1. The third kappa shape index (κ3) is 2.45. The fourth-order valence-electron chi connectivity index (χ4n) is 2.05. The summed E-state index contributed by atoms with van der Waals surface area (Å²) in [5, 5.41) is 0. The molecule has 1 heterocycles. The van der Waals surface area contributed by atoms with Gasteiger partial charge in [-0.3, -0.25) is 4.90 Å². The zero-order chi connectivity index (χ0) is 12.4. The molecular weight excluding hydrogens is 284 g/mol. The minimum atomic E-state index is -0.283. The number of amides is 1. The maximum atomic E-state index is 11.7. The number of rotatable bonds is 3. The van der Waals surface area contributed by atoms with E-state index in [1.54, 1.807) is 4.90 Å². The first-order chi connectivity index (χ1) is 8.13. The van der Waals surface area contributed by atoms with Crippen LogP contribution in [0.1, 0.15) is 12.0 Å². The topological polar surface area (TPSA) is 55.6 Å². The molecule has 1 saturated heterocycles. The van der Waals surface area contributed by atoms with Crippen LogP contribution in [0.25, 0.3) is 0 Å². The fourth-order valence-corrected chi connectivity index (χ4v) is 2.53. The van der Waals surface area contributed by atoms with Gasteiger partial charge in [0.05, 0.1) is 11.7 Å². The van der Waals surface area contributed by atoms with Crippen molar-refractivity contribution in [3.8, 4) is 0 Å². The number of carbonyl (C=O) groups is 1. The highest BCUT2D eigenvalue weighted by molar-refractivity contribution is 9.10. The second-order valence-corrected chi connectivity index (χ2v) is 5.02. The molecule has 92 valence electrons. The number of hydrogen-bond donors (Lipinski definition) is 1. The molecule has 0 spiro atoms. The van der Waals surface area contributed by atoms with E-state index in [9.17, 15) is 4.79 Å². The molecule has 2 N–H and O–H groups in total. The summed E-state index contributed by atoms with van der Waals surface area (Å²) in [7, 11) is 0. The zero-order valence-electron chi connectivity index (χ0n) is 9.65. The van der Waals surface area contributed by atoms with E-state index in [0.717, 1.165) is 22.1 Å². The Bertz CT molecular complexity index is 437. The van der Waals surface area contributed by atoms with Crippen molar-refractivity contribution in [2.24, 2.45) is 5.73 Å². The second kappa shape index (κ2) is 5.06. The molecule has 1 amide bonds. The van der Waals surface area contributed by atoms with Crippen LogP contribution in [0.4, 0.5) is 10.5 Å². The number of carbonyl (C=O) groups excluding carboxylic acids is 1. The Morgan fingerprint density at radius 3 is 3.00 bits per heavy atom. The molecule has 1 aromatic rings. The van der Waals surface area contributed by atoms with Gasteiger partial charge in [-0.05, 0) is 43.7 Å². The number of ether oxygens (including phenoxy) is 1. The number of hydrogen-bond acceptors (Lipinski definition) is 3. The molecule has 1 atom stereocenters. The molecule has 0 aliphatic carbocycles. The molecule has 17 heavy (non-hydrogen) atoms. The first kappa shape index (κ1) is 12.4. The minimum Gasteiger partial charge on any atom is -0.447 e. The van der Waals surface area contributed by atoms with Crippen molar-refractivity contribution in [3.05, 3.63) is 28.2 Å². The molecule has 1 fully saturated rings. The van der Waals surface area contributed by atoms with Crippen LogP contribution in [0.5, 0.6) is 0 Å². The van der Waals surface area contributed by atoms with Gasteiger partial charge in [0.25, 0.3) is 0 Å². The van der Waals surface area contributed by atoms with Crippen LogP contribution in [0, 0.1) is 6.92 Å². The highest BCUT2D eigenvalue weighted by Gasteiger charge is 2.34. The number of benzene rings is 1. The van der Waals surface area contributed by atoms with Crippen molar-refractivity contribution in [3.63, 3.8) is 0 Å². The number of aryl methyl sites for hydroxylation is 1. The average Bonchev–Trinajstić information content (AvgIpc) is 2.62. The van der Waals surface area contributed by atoms with Gasteiger partial charge in [0.1, 0.15) is 6.61 Å². The monoisotopic (exact) mass is 298 g/mol. The minimum absolute atomic E-state index is 0.0485. The van der Waals surface area contributed by atoms with Crippen LogP contribution in [-0.2, 0) is 4.74 Å². The van der Waals surface area contributed by atoms with Gasteiger partial charge in [-0.25, -0.2) is 4.79 Å². The number of nitrogens with two attached hydrogens (primary N) is 1. The summed E-state index contributed by atoms with van der Waals surface area (Å²) >= 11 is 3.41. The predicted octanol–water partition coefficient (Wildman–Crippen LogP) is 2.43. The van der Waals surface area contributed by atoms with Crippen LogP contribution < -0.4 is 10.6 Å². The van der Waals surface area contributed by atoms with E-state index < -0.39 is 0 Å². The number of cyclic esters (lactones) is 1. The Balaban J connectivity index is 2.32. The standard InChI is InChI=1S/C12H15BrN2O2/c1-8-6-9(13)2-3-11(8)15-10(4-5-14)7-17-12(15)16/h2-3,6,10H,4-5,7,14H2,1H3. The van der Waals surface area contributed by atoms with Crippen molar-refractivity contribution < 1.29 is 9.53 Å². The highest BCUT2D eigenvalue weighted by Crippen LogP contribution is 2.29. The van der Waals surface area contributed by atoms with E-state index in [2.05, 4.69) is 15.9 Å². The van der Waals surface area contributed by atoms with Gasteiger partial charge in [0.2, 0.25) is 0 Å². The molecule has 1 aliphatic heterocycles. The summed E-state index contributed by atoms with van der Waals surface area (Å²) in [6.45, 7) is 2.95. The first-order valence-corrected chi connectivity index (χ1v) is 6.35. The van der Waals surface area contributed by atoms with E-state index in [1.165, 1.54) is 0 Å². The lowest BCUT2D eigenvalue weighted by Gasteiger charge is -2.22. The maximum Gasteiger partial charge on any atom is 0.414 e. The van der Waals surface area contributed by atoms with E-state index in [1.807, 2.05) is 25.1 Å². The second-order valence-electron chi connectivity index (χ2n) is 4.11. The average molecular weight is 299 g/mol. The van der Waals surface area contributed by atoms with Crippen LogP contribution in [-0.4, -0.2) is 25.3 Å². The molecule has 1 aliphatic rings. The summed E-state index contributed by atoms with van der Waals surface area (Å²) in [6.07, 6.45) is 0.468. The summed E-state index contributed by atoms with van der Waals surface area (Å²) < 4.78 is 6.09. The van der Waals surface area contributed by atoms with Gasteiger partial charge in [-0.2, -0.15) is 0 Å². The van der Waals surface area contributed by atoms with Gasteiger partial charge in [0.15, 0.2) is 0 Å². The molecule has 0 bridgehead atoms. The van der Waals surface area contributed by atoms with Crippen LogP contribution in [0.15, 0.2) is 22.7 Å². The highest BCUT2D eigenvalue weighted by atomic mass is 79.9. The van der Waals surface area contributed by atoms with Gasteiger partial charge < -0.3 is 10.5 Å². The Hall–Kier alpha value is -1.07. The predicted molar refractivity (Wildman–Crippen MR) is 70.2 cm³/mol. The Kier molecular flexibility index (Phi) is 3.69. The van der Waals surface area contributed by atoms with Crippen molar-refractivity contribution in [1.29, 1.82) is 0 Å². The molecule has 4 nitrogen and oxygen atoms in total. The smallest absolute Gasteiger partial charge is 0.414 e. The van der Waals surface area contributed by atoms with Crippen LogP contribution >= 0.6 is 15.9 Å². The lowest BCUT2D eigenvalue weighted by molar-refractivity contribution is 0.178. The molecule has 1 unspecified atom stereocenters. The van der Waals surface area contributed by atoms with E-state index in [4.69, 9.17) is 10.5 Å². The van der Waals surface area contributed by atoms with E-state index >= 15 is 0 Å². The molecule has 2 rings (SSSR count).